The van der Waals surface area contributed by atoms with Gasteiger partial charge in [-0.25, -0.2) is 0 Å². The van der Waals surface area contributed by atoms with Crippen molar-refractivity contribution in [1.29, 1.82) is 0 Å². The van der Waals surface area contributed by atoms with Gasteiger partial charge in [0.1, 0.15) is 5.75 Å². The fourth-order valence-corrected chi connectivity index (χ4v) is 2.38. The van der Waals surface area contributed by atoms with Crippen LogP contribution in [-0.2, 0) is 0 Å². The summed E-state index contributed by atoms with van der Waals surface area (Å²) in [5.74, 6) is 0.842. The van der Waals surface area contributed by atoms with Crippen molar-refractivity contribution in [2.75, 3.05) is 17.7 Å². The third-order valence-corrected chi connectivity index (χ3v) is 3.50. The summed E-state index contributed by atoms with van der Waals surface area (Å²) in [6.45, 7) is 0. The van der Waals surface area contributed by atoms with Crippen molar-refractivity contribution in [3.63, 3.8) is 0 Å². The Bertz CT molecular complexity index is 722. The van der Waals surface area contributed by atoms with Crippen molar-refractivity contribution in [2.45, 2.75) is 0 Å². The minimum absolute atomic E-state index is 0.756. The normalized spacial score (nSPS) is 10.2. The number of nitrogens with two attached hydrogens (primary N) is 1. The zero-order valence-electron chi connectivity index (χ0n) is 12.4. The molecule has 0 bridgehead atoms. The van der Waals surface area contributed by atoms with Crippen LogP contribution in [0.25, 0.3) is 0 Å². The maximum Gasteiger partial charge on any atom is 0.119 e. The fourth-order valence-electron chi connectivity index (χ4n) is 2.38. The molecule has 0 aliphatic carbocycles. The molecule has 3 heteroatoms. The molecule has 3 nitrogen and oxygen atoms in total. The molecule has 3 aromatic carbocycles. The summed E-state index contributed by atoms with van der Waals surface area (Å²) in [4.78, 5) is 2.18. The lowest BCUT2D eigenvalue weighted by Gasteiger charge is -2.25. The number of rotatable bonds is 4. The highest BCUT2D eigenvalue weighted by molar-refractivity contribution is 5.77. The van der Waals surface area contributed by atoms with E-state index in [2.05, 4.69) is 17.0 Å². The number of para-hydroxylation sites is 1. The number of methoxy groups -OCH3 is 1. The first kappa shape index (κ1) is 14.0. The largest absolute Gasteiger partial charge is 0.497 e. The minimum Gasteiger partial charge on any atom is -0.497 e. The molecule has 0 unspecified atom stereocenters. The lowest BCUT2D eigenvalue weighted by atomic mass is 10.2. The van der Waals surface area contributed by atoms with E-state index in [-0.39, 0.29) is 0 Å². The topological polar surface area (TPSA) is 38.5 Å². The summed E-state index contributed by atoms with van der Waals surface area (Å²) in [5.41, 5.74) is 9.79. The number of benzene rings is 3. The molecule has 3 aromatic rings. The van der Waals surface area contributed by atoms with Crippen molar-refractivity contribution in [3.05, 3.63) is 78.9 Å². The molecular weight excluding hydrogens is 272 g/mol. The lowest BCUT2D eigenvalue weighted by Crippen LogP contribution is -2.09. The Kier molecular flexibility index (Phi) is 3.97. The van der Waals surface area contributed by atoms with Gasteiger partial charge in [-0.1, -0.05) is 18.2 Å². The van der Waals surface area contributed by atoms with Gasteiger partial charge in [0.25, 0.3) is 0 Å². The number of nitrogens with zero attached hydrogens (tertiary/aromatic N) is 1. The number of ether oxygens (including phenoxy) is 1. The zero-order chi connectivity index (χ0) is 15.4. The van der Waals surface area contributed by atoms with Gasteiger partial charge in [-0.2, -0.15) is 0 Å². The third-order valence-electron chi connectivity index (χ3n) is 3.50. The van der Waals surface area contributed by atoms with Gasteiger partial charge < -0.3 is 15.4 Å². The monoisotopic (exact) mass is 290 g/mol. The average Bonchev–Trinajstić information content (AvgIpc) is 2.58. The molecule has 0 aliphatic rings. The molecule has 3 rings (SSSR count). The Morgan fingerprint density at radius 2 is 1.18 bits per heavy atom. The van der Waals surface area contributed by atoms with E-state index in [1.807, 2.05) is 66.7 Å². The molecule has 0 atom stereocenters. The first-order chi connectivity index (χ1) is 10.8. The van der Waals surface area contributed by atoms with E-state index in [0.717, 1.165) is 28.5 Å². The zero-order valence-corrected chi connectivity index (χ0v) is 12.4. The van der Waals surface area contributed by atoms with Gasteiger partial charge >= 0.3 is 0 Å². The van der Waals surface area contributed by atoms with Gasteiger partial charge in [-0.05, 0) is 60.7 Å². The molecule has 0 aliphatic heterocycles. The van der Waals surface area contributed by atoms with Crippen LogP contribution in [-0.4, -0.2) is 7.11 Å². The number of nitrogen functional groups attached to an aromatic ring is 1. The van der Waals surface area contributed by atoms with Gasteiger partial charge in [-0.3, -0.25) is 0 Å². The number of hydrogen-bond donors (Lipinski definition) is 1. The Morgan fingerprint density at radius 1 is 0.682 bits per heavy atom. The summed E-state index contributed by atoms with van der Waals surface area (Å²) >= 11 is 0. The standard InChI is InChI=1S/C19H18N2O/c1-22-19-13-11-18(12-14-19)21(16-5-3-2-4-6-16)17-9-7-15(20)8-10-17/h2-14H,20H2,1H3. The van der Waals surface area contributed by atoms with E-state index in [1.165, 1.54) is 0 Å². The van der Waals surface area contributed by atoms with Crippen LogP contribution in [0.15, 0.2) is 78.9 Å². The molecular formula is C19H18N2O. The summed E-state index contributed by atoms with van der Waals surface area (Å²) in [6, 6.07) is 26.1. The van der Waals surface area contributed by atoms with E-state index in [1.54, 1.807) is 7.11 Å². The Hall–Kier alpha value is -2.94. The van der Waals surface area contributed by atoms with Gasteiger partial charge in [0.2, 0.25) is 0 Å². The van der Waals surface area contributed by atoms with Gasteiger partial charge in [0.05, 0.1) is 7.11 Å². The highest BCUT2D eigenvalue weighted by Crippen LogP contribution is 2.35. The summed E-state index contributed by atoms with van der Waals surface area (Å²) in [5, 5.41) is 0. The van der Waals surface area contributed by atoms with Crippen molar-refractivity contribution in [2.24, 2.45) is 0 Å². The Morgan fingerprint density at radius 3 is 1.73 bits per heavy atom. The second-order valence-corrected chi connectivity index (χ2v) is 4.96. The van der Waals surface area contributed by atoms with Gasteiger partial charge in [-0.15, -0.1) is 0 Å². The fraction of sp³-hybridized carbons (Fsp3) is 0.0526. The van der Waals surface area contributed by atoms with Crippen LogP contribution in [0.2, 0.25) is 0 Å². The average molecular weight is 290 g/mol. The molecule has 2 N–H and O–H groups in total. The first-order valence-corrected chi connectivity index (χ1v) is 7.13. The predicted octanol–water partition coefficient (Wildman–Crippen LogP) is 4.75. The highest BCUT2D eigenvalue weighted by atomic mass is 16.5. The van der Waals surface area contributed by atoms with E-state index in [0.29, 0.717) is 0 Å². The molecule has 0 spiro atoms. The molecule has 0 heterocycles. The van der Waals surface area contributed by atoms with E-state index in [9.17, 15) is 0 Å². The molecule has 0 saturated carbocycles. The van der Waals surface area contributed by atoms with Crippen LogP contribution in [0.1, 0.15) is 0 Å². The Labute approximate surface area is 130 Å². The molecule has 0 radical (unpaired) electrons. The molecule has 0 fully saturated rings. The van der Waals surface area contributed by atoms with Crippen molar-refractivity contribution >= 4 is 22.7 Å². The van der Waals surface area contributed by atoms with E-state index < -0.39 is 0 Å². The smallest absolute Gasteiger partial charge is 0.119 e. The van der Waals surface area contributed by atoms with E-state index >= 15 is 0 Å². The van der Waals surface area contributed by atoms with Crippen molar-refractivity contribution in [1.82, 2.24) is 0 Å². The second-order valence-electron chi connectivity index (χ2n) is 4.96. The maximum atomic E-state index is 5.81. The highest BCUT2D eigenvalue weighted by Gasteiger charge is 2.11. The van der Waals surface area contributed by atoms with Crippen LogP contribution < -0.4 is 15.4 Å². The predicted molar refractivity (Wildman–Crippen MR) is 92.1 cm³/mol. The lowest BCUT2D eigenvalue weighted by molar-refractivity contribution is 0.415. The SMILES string of the molecule is COc1ccc(N(c2ccccc2)c2ccc(N)cc2)cc1. The number of hydrogen-bond acceptors (Lipinski definition) is 3. The van der Waals surface area contributed by atoms with Gasteiger partial charge in [0.15, 0.2) is 0 Å². The van der Waals surface area contributed by atoms with Crippen LogP contribution in [0.3, 0.4) is 0 Å². The molecule has 0 amide bonds. The Balaban J connectivity index is 2.07. The molecule has 110 valence electrons. The summed E-state index contributed by atoms with van der Waals surface area (Å²) in [7, 11) is 1.67. The molecule has 22 heavy (non-hydrogen) atoms. The minimum atomic E-state index is 0.756. The van der Waals surface area contributed by atoms with E-state index in [4.69, 9.17) is 10.5 Å². The van der Waals surface area contributed by atoms with Crippen LogP contribution in [0.5, 0.6) is 5.75 Å². The van der Waals surface area contributed by atoms with Crippen LogP contribution >= 0.6 is 0 Å². The maximum absolute atomic E-state index is 5.81. The van der Waals surface area contributed by atoms with Crippen molar-refractivity contribution < 1.29 is 4.74 Å². The molecule has 0 aromatic heterocycles. The summed E-state index contributed by atoms with van der Waals surface area (Å²) in [6.07, 6.45) is 0. The quantitative estimate of drug-likeness (QED) is 0.705. The molecule has 0 saturated heterocycles. The van der Waals surface area contributed by atoms with Crippen molar-refractivity contribution in [3.8, 4) is 5.75 Å². The third kappa shape index (κ3) is 2.88. The first-order valence-electron chi connectivity index (χ1n) is 7.13. The van der Waals surface area contributed by atoms with Gasteiger partial charge in [0, 0.05) is 22.7 Å². The number of anilines is 4. The van der Waals surface area contributed by atoms with Crippen LogP contribution in [0.4, 0.5) is 22.7 Å². The van der Waals surface area contributed by atoms with Crippen LogP contribution in [0, 0.1) is 0 Å². The second kappa shape index (κ2) is 6.22. The summed E-state index contributed by atoms with van der Waals surface area (Å²) < 4.78 is 5.24.